The highest BCUT2D eigenvalue weighted by Gasteiger charge is 2.41. The van der Waals surface area contributed by atoms with Gasteiger partial charge in [0.15, 0.2) is 17.3 Å². The molecule has 1 aliphatic heterocycles. The van der Waals surface area contributed by atoms with Gasteiger partial charge in [-0.05, 0) is 53.3 Å². The van der Waals surface area contributed by atoms with Crippen LogP contribution in [0, 0.1) is 11.3 Å². The fourth-order valence-electron chi connectivity index (χ4n) is 5.14. The van der Waals surface area contributed by atoms with Crippen LogP contribution in [0.15, 0.2) is 54.2 Å². The first-order chi connectivity index (χ1) is 16.7. The van der Waals surface area contributed by atoms with E-state index in [2.05, 4.69) is 30.2 Å². The van der Waals surface area contributed by atoms with Gasteiger partial charge in [0.1, 0.15) is 0 Å². The molecule has 0 saturated heterocycles. The number of allylic oxidation sites excluding steroid dienone is 1. The Morgan fingerprint density at radius 3 is 2.66 bits per heavy atom. The van der Waals surface area contributed by atoms with Crippen molar-refractivity contribution in [3.8, 4) is 11.5 Å². The zero-order valence-electron chi connectivity index (χ0n) is 20.8. The van der Waals surface area contributed by atoms with Gasteiger partial charge in [-0.2, -0.15) is 0 Å². The van der Waals surface area contributed by atoms with E-state index in [-0.39, 0.29) is 29.1 Å². The number of Topliss-reactive ketones (excluding diaryl/α,β-unsaturated/α-hetero) is 1. The van der Waals surface area contributed by atoms with Crippen molar-refractivity contribution in [3.63, 3.8) is 0 Å². The highest BCUT2D eigenvalue weighted by Crippen LogP contribution is 2.52. The SMILES string of the molecule is COc1cc(C2Nc3ccc4ncccc4c3C3=C2C(=O)CC(C)(C)C3)ccc1OC(=O)C(C)C. The van der Waals surface area contributed by atoms with E-state index < -0.39 is 0 Å². The lowest BCUT2D eigenvalue weighted by molar-refractivity contribution is -0.137. The van der Waals surface area contributed by atoms with Crippen LogP contribution in [0.3, 0.4) is 0 Å². The number of anilines is 1. The van der Waals surface area contributed by atoms with Crippen molar-refractivity contribution in [1.29, 1.82) is 0 Å². The number of ether oxygens (including phenoxy) is 2. The summed E-state index contributed by atoms with van der Waals surface area (Å²) < 4.78 is 11.1. The summed E-state index contributed by atoms with van der Waals surface area (Å²) in [5, 5.41) is 4.67. The van der Waals surface area contributed by atoms with Crippen molar-refractivity contribution in [1.82, 2.24) is 4.98 Å². The molecule has 2 aromatic carbocycles. The van der Waals surface area contributed by atoms with Crippen LogP contribution < -0.4 is 14.8 Å². The number of pyridine rings is 1. The van der Waals surface area contributed by atoms with Gasteiger partial charge in [-0.3, -0.25) is 14.6 Å². The average Bonchev–Trinajstić information content (AvgIpc) is 2.82. The minimum absolute atomic E-state index is 0.133. The minimum Gasteiger partial charge on any atom is -0.493 e. The second kappa shape index (κ2) is 8.52. The summed E-state index contributed by atoms with van der Waals surface area (Å²) in [7, 11) is 1.55. The number of hydrogen-bond donors (Lipinski definition) is 1. The number of aromatic nitrogens is 1. The van der Waals surface area contributed by atoms with Gasteiger partial charge in [-0.25, -0.2) is 0 Å². The topological polar surface area (TPSA) is 77.5 Å². The maximum absolute atomic E-state index is 13.6. The molecule has 1 unspecified atom stereocenters. The molecule has 3 aromatic rings. The number of carbonyl (C=O) groups excluding carboxylic acids is 2. The molecule has 2 aliphatic rings. The highest BCUT2D eigenvalue weighted by molar-refractivity contribution is 6.12. The highest BCUT2D eigenvalue weighted by atomic mass is 16.6. The van der Waals surface area contributed by atoms with Crippen molar-refractivity contribution in [2.24, 2.45) is 11.3 Å². The fraction of sp³-hybridized carbons (Fsp3) is 0.345. The Kier molecular flexibility index (Phi) is 5.62. The number of carbonyl (C=O) groups is 2. The van der Waals surface area contributed by atoms with Crippen LogP contribution in [0.25, 0.3) is 16.5 Å². The molecular weight excluding hydrogens is 440 g/mol. The van der Waals surface area contributed by atoms with Crippen LogP contribution in [-0.4, -0.2) is 23.8 Å². The third kappa shape index (κ3) is 4.07. The number of nitrogens with zero attached hydrogens (tertiary/aromatic N) is 1. The molecule has 1 N–H and O–H groups in total. The standard InChI is InChI=1S/C29H30N2O4/c1-16(2)28(33)35-23-11-8-17(13-24(23)34-5)27-26-19(14-29(3,4)15-22(26)32)25-18-7-6-12-30-20(18)9-10-21(25)31-27/h6-13,16,27,31H,14-15H2,1-5H3. The summed E-state index contributed by atoms with van der Waals surface area (Å²) in [4.78, 5) is 30.3. The quantitative estimate of drug-likeness (QED) is 0.366. The van der Waals surface area contributed by atoms with E-state index in [1.807, 2.05) is 30.3 Å². The van der Waals surface area contributed by atoms with E-state index in [1.54, 1.807) is 33.2 Å². The molecule has 1 aromatic heterocycles. The minimum atomic E-state index is -0.334. The molecule has 180 valence electrons. The fourth-order valence-corrected chi connectivity index (χ4v) is 5.14. The Bertz CT molecular complexity index is 1390. The first-order valence-corrected chi connectivity index (χ1v) is 12.0. The third-order valence-corrected chi connectivity index (χ3v) is 6.80. The zero-order chi connectivity index (χ0) is 24.9. The van der Waals surface area contributed by atoms with Crippen molar-refractivity contribution in [3.05, 3.63) is 65.4 Å². The van der Waals surface area contributed by atoms with E-state index in [0.29, 0.717) is 17.9 Å². The number of fused-ring (bicyclic) bond motifs is 4. The number of nitrogens with one attached hydrogen (secondary N) is 1. The number of benzene rings is 2. The summed E-state index contributed by atoms with van der Waals surface area (Å²) >= 11 is 0. The van der Waals surface area contributed by atoms with Crippen molar-refractivity contribution in [2.45, 2.75) is 46.6 Å². The molecule has 5 rings (SSSR count). The number of esters is 1. The Labute approximate surface area is 205 Å². The van der Waals surface area contributed by atoms with Crippen LogP contribution in [0.2, 0.25) is 0 Å². The van der Waals surface area contributed by atoms with E-state index in [0.717, 1.165) is 45.3 Å². The largest absolute Gasteiger partial charge is 0.493 e. The molecule has 6 nitrogen and oxygen atoms in total. The Morgan fingerprint density at radius 1 is 1.11 bits per heavy atom. The maximum Gasteiger partial charge on any atom is 0.313 e. The first-order valence-electron chi connectivity index (χ1n) is 12.0. The van der Waals surface area contributed by atoms with Gasteiger partial charge in [0, 0.05) is 34.8 Å². The van der Waals surface area contributed by atoms with Crippen LogP contribution in [0.5, 0.6) is 11.5 Å². The van der Waals surface area contributed by atoms with Gasteiger partial charge in [0.05, 0.1) is 24.6 Å². The number of hydrogen-bond acceptors (Lipinski definition) is 6. The lowest BCUT2D eigenvalue weighted by Gasteiger charge is -2.40. The molecule has 2 heterocycles. The zero-order valence-corrected chi connectivity index (χ0v) is 20.8. The smallest absolute Gasteiger partial charge is 0.313 e. The Hall–Kier alpha value is -3.67. The molecule has 35 heavy (non-hydrogen) atoms. The van der Waals surface area contributed by atoms with Crippen LogP contribution in [-0.2, 0) is 9.59 Å². The summed E-state index contributed by atoms with van der Waals surface area (Å²) in [6, 6.07) is 13.2. The van der Waals surface area contributed by atoms with Gasteiger partial charge in [0.2, 0.25) is 0 Å². The molecule has 0 spiro atoms. The normalized spacial score (nSPS) is 18.7. The molecule has 0 amide bonds. The number of methoxy groups -OCH3 is 1. The van der Waals surface area contributed by atoms with E-state index in [9.17, 15) is 9.59 Å². The van der Waals surface area contributed by atoms with Gasteiger partial charge >= 0.3 is 5.97 Å². The molecule has 0 fully saturated rings. The summed E-state index contributed by atoms with van der Waals surface area (Å²) in [6.45, 7) is 7.87. The van der Waals surface area contributed by atoms with E-state index in [1.165, 1.54) is 0 Å². The van der Waals surface area contributed by atoms with Crippen LogP contribution >= 0.6 is 0 Å². The Balaban J connectivity index is 1.66. The molecule has 0 saturated carbocycles. The number of ketones is 1. The van der Waals surface area contributed by atoms with Gasteiger partial charge < -0.3 is 14.8 Å². The second-order valence-electron chi connectivity index (χ2n) is 10.5. The number of rotatable bonds is 4. The molecule has 0 radical (unpaired) electrons. The molecule has 0 bridgehead atoms. The van der Waals surface area contributed by atoms with Crippen LogP contribution in [0.1, 0.15) is 57.7 Å². The molecule has 6 heteroatoms. The molecule has 1 aliphatic carbocycles. The lowest BCUT2D eigenvalue weighted by atomic mass is 9.68. The lowest BCUT2D eigenvalue weighted by Crippen LogP contribution is -2.33. The van der Waals surface area contributed by atoms with E-state index in [4.69, 9.17) is 9.47 Å². The molecule has 1 atom stereocenters. The van der Waals surface area contributed by atoms with E-state index >= 15 is 0 Å². The van der Waals surface area contributed by atoms with Gasteiger partial charge in [-0.15, -0.1) is 0 Å². The average molecular weight is 471 g/mol. The van der Waals surface area contributed by atoms with Gasteiger partial charge in [0.25, 0.3) is 0 Å². The van der Waals surface area contributed by atoms with Crippen molar-refractivity contribution in [2.75, 3.05) is 12.4 Å². The summed E-state index contributed by atoms with van der Waals surface area (Å²) in [6.07, 6.45) is 3.08. The predicted molar refractivity (Wildman–Crippen MR) is 137 cm³/mol. The Morgan fingerprint density at radius 2 is 1.91 bits per heavy atom. The van der Waals surface area contributed by atoms with Crippen molar-refractivity contribution >= 4 is 33.9 Å². The maximum atomic E-state index is 13.6. The van der Waals surface area contributed by atoms with Crippen molar-refractivity contribution < 1.29 is 19.1 Å². The van der Waals surface area contributed by atoms with Gasteiger partial charge in [-0.1, -0.05) is 39.8 Å². The predicted octanol–water partition coefficient (Wildman–Crippen LogP) is 6.11. The molecular formula is C29H30N2O4. The summed E-state index contributed by atoms with van der Waals surface area (Å²) in [5.74, 6) is 0.396. The first kappa shape index (κ1) is 23.1. The monoisotopic (exact) mass is 470 g/mol. The second-order valence-corrected chi connectivity index (χ2v) is 10.5. The third-order valence-electron chi connectivity index (χ3n) is 6.80. The van der Waals surface area contributed by atoms with Crippen LogP contribution in [0.4, 0.5) is 5.69 Å². The summed E-state index contributed by atoms with van der Waals surface area (Å²) in [5.41, 5.74) is 5.58.